The molecule has 2 aromatic carbocycles. The second kappa shape index (κ2) is 6.36. The monoisotopic (exact) mass is 304 g/mol. The van der Waals surface area contributed by atoms with E-state index in [0.29, 0.717) is 11.8 Å². The number of rotatable bonds is 5. The van der Waals surface area contributed by atoms with Crippen molar-refractivity contribution in [2.75, 3.05) is 5.33 Å². The van der Waals surface area contributed by atoms with Crippen molar-refractivity contribution in [1.82, 2.24) is 0 Å². The molecule has 2 nitrogen and oxygen atoms in total. The zero-order chi connectivity index (χ0) is 12.8. The fourth-order valence-electron chi connectivity index (χ4n) is 1.92. The molecule has 0 heterocycles. The van der Waals surface area contributed by atoms with Gasteiger partial charge in [-0.15, -0.1) is 0 Å². The van der Waals surface area contributed by atoms with Gasteiger partial charge in [0.15, 0.2) is 0 Å². The molecule has 0 aliphatic carbocycles. The Kier molecular flexibility index (Phi) is 4.53. The van der Waals surface area contributed by atoms with Crippen molar-refractivity contribution in [3.05, 3.63) is 60.2 Å². The summed E-state index contributed by atoms with van der Waals surface area (Å²) in [4.78, 5) is 10.6. The minimum atomic E-state index is -0.265. The highest BCUT2D eigenvalue weighted by atomic mass is 79.9. The van der Waals surface area contributed by atoms with Gasteiger partial charge in [0.05, 0.1) is 0 Å². The molecule has 0 fully saturated rings. The molecule has 1 atom stereocenters. The number of alkyl halides is 1. The summed E-state index contributed by atoms with van der Waals surface area (Å²) in [6.07, 6.45) is -0.265. The summed E-state index contributed by atoms with van der Waals surface area (Å²) < 4.78 is 5.11. The third-order valence-electron chi connectivity index (χ3n) is 2.75. The summed E-state index contributed by atoms with van der Waals surface area (Å²) in [5.41, 5.74) is 3.21. The Hall–Kier alpha value is -1.61. The zero-order valence-electron chi connectivity index (χ0n) is 9.75. The van der Waals surface area contributed by atoms with E-state index in [4.69, 9.17) is 4.74 Å². The first-order valence-corrected chi connectivity index (χ1v) is 6.78. The van der Waals surface area contributed by atoms with Crippen molar-refractivity contribution in [2.24, 2.45) is 0 Å². The van der Waals surface area contributed by atoms with E-state index in [1.165, 1.54) is 0 Å². The van der Waals surface area contributed by atoms with Crippen molar-refractivity contribution >= 4 is 22.4 Å². The smallest absolute Gasteiger partial charge is 0.293 e. The lowest BCUT2D eigenvalue weighted by Crippen LogP contribution is -2.06. The van der Waals surface area contributed by atoms with Gasteiger partial charge in [-0.05, 0) is 11.1 Å². The van der Waals surface area contributed by atoms with Crippen LogP contribution >= 0.6 is 15.9 Å². The normalized spacial score (nSPS) is 11.8. The molecule has 0 N–H and O–H groups in total. The van der Waals surface area contributed by atoms with Gasteiger partial charge < -0.3 is 4.74 Å². The van der Waals surface area contributed by atoms with E-state index in [1.54, 1.807) is 0 Å². The van der Waals surface area contributed by atoms with Crippen LogP contribution in [0.4, 0.5) is 0 Å². The summed E-state index contributed by atoms with van der Waals surface area (Å²) in [5.74, 6) is 0. The Balaban J connectivity index is 2.45. The lowest BCUT2D eigenvalue weighted by molar-refractivity contribution is -0.132. The Bertz CT molecular complexity index is 511. The highest BCUT2D eigenvalue weighted by Gasteiger charge is 2.15. The summed E-state index contributed by atoms with van der Waals surface area (Å²) in [5, 5.41) is 0.579. The van der Waals surface area contributed by atoms with E-state index >= 15 is 0 Å². The van der Waals surface area contributed by atoms with E-state index < -0.39 is 0 Å². The highest BCUT2D eigenvalue weighted by molar-refractivity contribution is 9.09. The summed E-state index contributed by atoms with van der Waals surface area (Å²) >= 11 is 3.38. The van der Waals surface area contributed by atoms with Gasteiger partial charge in [0, 0.05) is 10.9 Å². The van der Waals surface area contributed by atoms with E-state index in [-0.39, 0.29) is 6.10 Å². The predicted octanol–water partition coefficient (Wildman–Crippen LogP) is 3.96. The fourth-order valence-corrected chi connectivity index (χ4v) is 2.42. The number of hydrogen-bond donors (Lipinski definition) is 0. The molecule has 0 aliphatic heterocycles. The SMILES string of the molecule is O=COC(CBr)c1ccccc1-c1ccccc1. The first-order valence-electron chi connectivity index (χ1n) is 5.66. The van der Waals surface area contributed by atoms with Crippen molar-refractivity contribution in [1.29, 1.82) is 0 Å². The van der Waals surface area contributed by atoms with Gasteiger partial charge in [0.1, 0.15) is 6.10 Å². The van der Waals surface area contributed by atoms with Crippen molar-refractivity contribution in [3.8, 4) is 11.1 Å². The van der Waals surface area contributed by atoms with E-state index in [1.807, 2.05) is 54.6 Å². The largest absolute Gasteiger partial charge is 0.459 e. The van der Waals surface area contributed by atoms with Crippen LogP contribution in [-0.4, -0.2) is 11.8 Å². The Morgan fingerprint density at radius 1 is 1.06 bits per heavy atom. The summed E-state index contributed by atoms with van der Waals surface area (Å²) in [6.45, 7) is 0.494. The Labute approximate surface area is 115 Å². The Morgan fingerprint density at radius 3 is 2.39 bits per heavy atom. The molecule has 0 spiro atoms. The van der Waals surface area contributed by atoms with Crippen LogP contribution in [0, 0.1) is 0 Å². The number of carbonyl (C=O) groups excluding carboxylic acids is 1. The average molecular weight is 305 g/mol. The molecule has 0 saturated heterocycles. The molecule has 0 amide bonds. The maximum absolute atomic E-state index is 10.6. The van der Waals surface area contributed by atoms with E-state index in [9.17, 15) is 4.79 Å². The van der Waals surface area contributed by atoms with E-state index in [2.05, 4.69) is 15.9 Å². The van der Waals surface area contributed by atoms with Crippen LogP contribution in [-0.2, 0) is 9.53 Å². The molecule has 2 aromatic rings. The summed E-state index contributed by atoms with van der Waals surface area (Å²) in [6, 6.07) is 18.0. The van der Waals surface area contributed by atoms with Crippen LogP contribution in [0.25, 0.3) is 11.1 Å². The van der Waals surface area contributed by atoms with Gasteiger partial charge in [-0.2, -0.15) is 0 Å². The lowest BCUT2D eigenvalue weighted by atomic mass is 9.97. The van der Waals surface area contributed by atoms with E-state index in [0.717, 1.165) is 16.7 Å². The molecule has 18 heavy (non-hydrogen) atoms. The number of benzene rings is 2. The van der Waals surface area contributed by atoms with Gasteiger partial charge in [0.2, 0.25) is 0 Å². The Morgan fingerprint density at radius 2 is 1.72 bits per heavy atom. The van der Waals surface area contributed by atoms with Gasteiger partial charge in [-0.25, -0.2) is 0 Å². The maximum atomic E-state index is 10.6. The van der Waals surface area contributed by atoms with Crippen LogP contribution < -0.4 is 0 Å². The number of ether oxygens (including phenoxy) is 1. The van der Waals surface area contributed by atoms with Crippen molar-refractivity contribution in [3.63, 3.8) is 0 Å². The van der Waals surface area contributed by atoms with Crippen LogP contribution in [0.3, 0.4) is 0 Å². The molecular formula is C15H13BrO2. The zero-order valence-corrected chi connectivity index (χ0v) is 11.3. The van der Waals surface area contributed by atoms with Crippen LogP contribution in [0.1, 0.15) is 11.7 Å². The van der Waals surface area contributed by atoms with Crippen LogP contribution in [0.5, 0.6) is 0 Å². The highest BCUT2D eigenvalue weighted by Crippen LogP contribution is 2.30. The minimum Gasteiger partial charge on any atom is -0.459 e. The number of carbonyl (C=O) groups is 1. The predicted molar refractivity (Wildman–Crippen MR) is 75.6 cm³/mol. The first-order chi connectivity index (χ1) is 8.86. The average Bonchev–Trinajstić information content (AvgIpc) is 2.46. The van der Waals surface area contributed by atoms with Gasteiger partial charge in [-0.1, -0.05) is 70.5 Å². The van der Waals surface area contributed by atoms with Crippen LogP contribution in [0.15, 0.2) is 54.6 Å². The number of hydrogen-bond acceptors (Lipinski definition) is 2. The molecule has 0 aliphatic rings. The fraction of sp³-hybridized carbons (Fsp3) is 0.133. The van der Waals surface area contributed by atoms with Crippen molar-refractivity contribution < 1.29 is 9.53 Å². The molecule has 0 aromatic heterocycles. The second-order valence-corrected chi connectivity index (χ2v) is 4.48. The molecule has 92 valence electrons. The standard InChI is InChI=1S/C15H13BrO2/c16-10-15(18-11-17)14-9-5-4-8-13(14)12-6-2-1-3-7-12/h1-9,11,15H,10H2. The summed E-state index contributed by atoms with van der Waals surface area (Å²) in [7, 11) is 0. The minimum absolute atomic E-state index is 0.265. The quantitative estimate of drug-likeness (QED) is 0.617. The topological polar surface area (TPSA) is 26.3 Å². The molecule has 3 heteroatoms. The van der Waals surface area contributed by atoms with Crippen LogP contribution in [0.2, 0.25) is 0 Å². The first kappa shape index (κ1) is 12.8. The molecule has 0 bridgehead atoms. The molecule has 1 unspecified atom stereocenters. The number of halogens is 1. The van der Waals surface area contributed by atoms with Gasteiger partial charge >= 0.3 is 0 Å². The molecule has 2 rings (SSSR count). The molecular weight excluding hydrogens is 292 g/mol. The van der Waals surface area contributed by atoms with Crippen molar-refractivity contribution in [2.45, 2.75) is 6.10 Å². The lowest BCUT2D eigenvalue weighted by Gasteiger charge is -2.17. The molecule has 0 radical (unpaired) electrons. The molecule has 0 saturated carbocycles. The third-order valence-corrected chi connectivity index (χ3v) is 3.34. The maximum Gasteiger partial charge on any atom is 0.293 e. The second-order valence-electron chi connectivity index (χ2n) is 3.83. The third kappa shape index (κ3) is 2.79. The van der Waals surface area contributed by atoms with Gasteiger partial charge in [0.25, 0.3) is 6.47 Å². The van der Waals surface area contributed by atoms with Gasteiger partial charge in [-0.3, -0.25) is 4.79 Å².